The van der Waals surface area contributed by atoms with Crippen molar-refractivity contribution in [1.82, 2.24) is 4.72 Å². The van der Waals surface area contributed by atoms with E-state index in [-0.39, 0.29) is 0 Å². The molecule has 1 rings (SSSR count). The molecule has 1 atom stereocenters. The quantitative estimate of drug-likeness (QED) is 0.723. The fourth-order valence-electron chi connectivity index (χ4n) is 1.11. The number of sulfonamides is 1. The van der Waals surface area contributed by atoms with E-state index < -0.39 is 16.3 Å². The molecule has 4 nitrogen and oxygen atoms in total. The second-order valence-electron chi connectivity index (χ2n) is 3.21. The summed E-state index contributed by atoms with van der Waals surface area (Å²) in [6, 6.07) is 7.02. The Balaban J connectivity index is 2.85. The fourth-order valence-corrected chi connectivity index (χ4v) is 1.65. The van der Waals surface area contributed by atoms with Gasteiger partial charge in [0.2, 0.25) is 10.0 Å². The highest BCUT2D eigenvalue weighted by molar-refractivity contribution is 7.88. The van der Waals surface area contributed by atoms with Crippen molar-refractivity contribution in [3.05, 3.63) is 35.4 Å². The van der Waals surface area contributed by atoms with Gasteiger partial charge >= 0.3 is 0 Å². The summed E-state index contributed by atoms with van der Waals surface area (Å²) in [5.74, 6) is 0. The Morgan fingerprint density at radius 1 is 1.43 bits per heavy atom. The van der Waals surface area contributed by atoms with Gasteiger partial charge in [0.05, 0.1) is 6.26 Å². The van der Waals surface area contributed by atoms with E-state index in [9.17, 15) is 13.5 Å². The maximum absolute atomic E-state index is 10.8. The molecule has 0 aliphatic rings. The zero-order chi connectivity index (χ0) is 10.8. The minimum Gasteiger partial charge on any atom is -0.373 e. The van der Waals surface area contributed by atoms with Crippen LogP contribution in [0.1, 0.15) is 17.4 Å². The van der Waals surface area contributed by atoms with Crippen LogP contribution in [0.25, 0.3) is 0 Å². The molecule has 0 aliphatic carbocycles. The maximum Gasteiger partial charge on any atom is 0.211 e. The molecule has 14 heavy (non-hydrogen) atoms. The molecule has 1 aromatic carbocycles. The summed E-state index contributed by atoms with van der Waals surface area (Å²) in [5.41, 5.74) is 1.51. The number of hydrogen-bond donors (Lipinski definition) is 2. The molecule has 0 radical (unpaired) electrons. The third kappa shape index (κ3) is 3.45. The number of hydrogen-bond acceptors (Lipinski definition) is 3. The lowest BCUT2D eigenvalue weighted by Gasteiger charge is -2.11. The fraction of sp³-hybridized carbons (Fsp3) is 0.333. The highest BCUT2D eigenvalue weighted by Gasteiger charge is 2.11. The SMILES string of the molecule is Cc1cccc(C(O)NS(C)(=O)=O)c1. The van der Waals surface area contributed by atoms with Crippen LogP contribution in [-0.2, 0) is 10.0 Å². The van der Waals surface area contributed by atoms with Gasteiger partial charge in [-0.25, -0.2) is 8.42 Å². The van der Waals surface area contributed by atoms with Crippen LogP contribution in [0.15, 0.2) is 24.3 Å². The van der Waals surface area contributed by atoms with Crippen molar-refractivity contribution in [2.24, 2.45) is 0 Å². The third-order valence-electron chi connectivity index (χ3n) is 1.68. The lowest BCUT2D eigenvalue weighted by Crippen LogP contribution is -2.27. The number of aliphatic hydroxyl groups excluding tert-OH is 1. The monoisotopic (exact) mass is 215 g/mol. The van der Waals surface area contributed by atoms with Crippen molar-refractivity contribution in [1.29, 1.82) is 0 Å². The van der Waals surface area contributed by atoms with Gasteiger partial charge in [-0.1, -0.05) is 29.8 Å². The van der Waals surface area contributed by atoms with Gasteiger partial charge in [0.15, 0.2) is 0 Å². The van der Waals surface area contributed by atoms with Crippen LogP contribution < -0.4 is 4.72 Å². The second kappa shape index (κ2) is 4.08. The molecule has 1 unspecified atom stereocenters. The number of aliphatic hydroxyl groups is 1. The molecule has 1 aromatic rings. The predicted molar refractivity (Wildman–Crippen MR) is 54.1 cm³/mol. The molecule has 0 heterocycles. The number of nitrogens with one attached hydrogen (secondary N) is 1. The molecular weight excluding hydrogens is 202 g/mol. The summed E-state index contributed by atoms with van der Waals surface area (Å²) in [7, 11) is -3.38. The van der Waals surface area contributed by atoms with E-state index in [4.69, 9.17) is 0 Å². The Morgan fingerprint density at radius 3 is 2.57 bits per heavy atom. The Kier molecular flexibility index (Phi) is 3.25. The summed E-state index contributed by atoms with van der Waals surface area (Å²) in [6.07, 6.45) is -0.170. The highest BCUT2D eigenvalue weighted by Crippen LogP contribution is 2.12. The molecule has 78 valence electrons. The van der Waals surface area contributed by atoms with Crippen molar-refractivity contribution in [3.63, 3.8) is 0 Å². The first-order valence-corrected chi connectivity index (χ1v) is 5.99. The standard InChI is InChI=1S/C9H13NO3S/c1-7-4-3-5-8(6-7)9(11)10-14(2,12)13/h3-6,9-11H,1-2H3. The Bertz CT molecular complexity index is 414. The molecule has 0 bridgehead atoms. The smallest absolute Gasteiger partial charge is 0.211 e. The van der Waals surface area contributed by atoms with Crippen LogP contribution in [0.5, 0.6) is 0 Å². The predicted octanol–water partition coefficient (Wildman–Crippen LogP) is 0.535. The van der Waals surface area contributed by atoms with Crippen LogP contribution >= 0.6 is 0 Å². The van der Waals surface area contributed by atoms with Gasteiger partial charge in [0.25, 0.3) is 0 Å². The summed E-state index contributed by atoms with van der Waals surface area (Å²) >= 11 is 0. The van der Waals surface area contributed by atoms with Crippen LogP contribution in [0.4, 0.5) is 0 Å². The Labute approximate surface area is 83.6 Å². The zero-order valence-electron chi connectivity index (χ0n) is 8.06. The molecule has 0 saturated heterocycles. The first kappa shape index (κ1) is 11.2. The molecular formula is C9H13NO3S. The number of benzene rings is 1. The largest absolute Gasteiger partial charge is 0.373 e. The van der Waals surface area contributed by atoms with Crippen molar-refractivity contribution in [2.75, 3.05) is 6.26 Å². The lowest BCUT2D eigenvalue weighted by atomic mass is 10.1. The first-order chi connectivity index (χ1) is 6.38. The maximum atomic E-state index is 10.8. The van der Waals surface area contributed by atoms with Gasteiger partial charge in [-0.15, -0.1) is 0 Å². The van der Waals surface area contributed by atoms with Crippen molar-refractivity contribution in [2.45, 2.75) is 13.2 Å². The molecule has 0 aliphatic heterocycles. The lowest BCUT2D eigenvalue weighted by molar-refractivity contribution is 0.166. The molecule has 0 amide bonds. The van der Waals surface area contributed by atoms with Crippen LogP contribution in [0, 0.1) is 6.92 Å². The minimum absolute atomic E-state index is 0.537. The molecule has 5 heteroatoms. The van der Waals surface area contributed by atoms with Gasteiger partial charge in [-0.2, -0.15) is 4.72 Å². The van der Waals surface area contributed by atoms with E-state index >= 15 is 0 Å². The summed E-state index contributed by atoms with van der Waals surface area (Å²) in [4.78, 5) is 0. The van der Waals surface area contributed by atoms with Gasteiger partial charge in [0, 0.05) is 0 Å². The zero-order valence-corrected chi connectivity index (χ0v) is 8.88. The average Bonchev–Trinajstić information content (AvgIpc) is 2.01. The van der Waals surface area contributed by atoms with Gasteiger partial charge < -0.3 is 5.11 Å². The van der Waals surface area contributed by atoms with Crippen molar-refractivity contribution >= 4 is 10.0 Å². The summed E-state index contributed by atoms with van der Waals surface area (Å²) in [6.45, 7) is 1.87. The first-order valence-electron chi connectivity index (χ1n) is 4.10. The topological polar surface area (TPSA) is 66.4 Å². The van der Waals surface area contributed by atoms with E-state index in [1.807, 2.05) is 13.0 Å². The normalized spacial score (nSPS) is 13.9. The average molecular weight is 215 g/mol. The van der Waals surface area contributed by atoms with Gasteiger partial charge in [-0.05, 0) is 12.5 Å². The molecule has 2 N–H and O–H groups in total. The minimum atomic E-state index is -3.38. The Hall–Kier alpha value is -0.910. The van der Waals surface area contributed by atoms with Gasteiger partial charge in [0.1, 0.15) is 6.23 Å². The van der Waals surface area contributed by atoms with Crippen LogP contribution in [0.3, 0.4) is 0 Å². The third-order valence-corrected chi connectivity index (χ3v) is 2.33. The molecule has 0 saturated carbocycles. The van der Waals surface area contributed by atoms with E-state index in [1.165, 1.54) is 0 Å². The van der Waals surface area contributed by atoms with E-state index in [2.05, 4.69) is 4.72 Å². The number of rotatable bonds is 3. The molecule has 0 aromatic heterocycles. The molecule has 0 spiro atoms. The highest BCUT2D eigenvalue weighted by atomic mass is 32.2. The molecule has 0 fully saturated rings. The van der Waals surface area contributed by atoms with Crippen molar-refractivity contribution in [3.8, 4) is 0 Å². The number of aryl methyl sites for hydroxylation is 1. The van der Waals surface area contributed by atoms with Crippen LogP contribution in [0.2, 0.25) is 0 Å². The van der Waals surface area contributed by atoms with E-state index in [0.29, 0.717) is 5.56 Å². The van der Waals surface area contributed by atoms with Gasteiger partial charge in [-0.3, -0.25) is 0 Å². The van der Waals surface area contributed by atoms with Crippen LogP contribution in [-0.4, -0.2) is 19.8 Å². The summed E-state index contributed by atoms with van der Waals surface area (Å²) in [5, 5.41) is 9.49. The second-order valence-corrected chi connectivity index (χ2v) is 4.99. The van der Waals surface area contributed by atoms with Crippen molar-refractivity contribution < 1.29 is 13.5 Å². The van der Waals surface area contributed by atoms with E-state index in [0.717, 1.165) is 11.8 Å². The summed E-state index contributed by atoms with van der Waals surface area (Å²) < 4.78 is 23.7. The Morgan fingerprint density at radius 2 is 2.07 bits per heavy atom. The van der Waals surface area contributed by atoms with E-state index in [1.54, 1.807) is 18.2 Å².